The summed E-state index contributed by atoms with van der Waals surface area (Å²) in [5.74, 6) is -2.88. The fraction of sp³-hybridized carbons (Fsp3) is 0.387. The third kappa shape index (κ3) is 3.83. The smallest absolute Gasteiger partial charge is 0.250 e. The van der Waals surface area contributed by atoms with Crippen LogP contribution in [-0.4, -0.2) is 62.6 Å². The molecule has 1 aliphatic carbocycles. The lowest BCUT2D eigenvalue weighted by atomic mass is 9.70. The van der Waals surface area contributed by atoms with E-state index in [2.05, 4.69) is 5.32 Å². The van der Waals surface area contributed by atoms with Crippen LogP contribution in [0.5, 0.6) is 17.2 Å². The van der Waals surface area contributed by atoms with E-state index < -0.39 is 34.3 Å². The first-order valence-corrected chi connectivity index (χ1v) is 13.9. The summed E-state index contributed by atoms with van der Waals surface area (Å²) in [5.41, 5.74) is -0.896. The largest absolute Gasteiger partial charge is 0.507 e. The number of hydrogen-bond acceptors (Lipinski definition) is 9. The van der Waals surface area contributed by atoms with Crippen molar-refractivity contribution < 1.29 is 34.1 Å². The number of allylic oxidation sites excluding steroid dienone is 4. The Balaban J connectivity index is 1.26. The zero-order valence-electron chi connectivity index (χ0n) is 23.7. The van der Waals surface area contributed by atoms with Crippen molar-refractivity contribution >= 4 is 23.3 Å². The maximum Gasteiger partial charge on any atom is 0.250 e. The molecule has 4 heterocycles. The van der Waals surface area contributed by atoms with Gasteiger partial charge in [-0.2, -0.15) is 0 Å². The Morgan fingerprint density at radius 2 is 1.83 bits per heavy atom. The normalized spacial score (nSPS) is 25.1. The van der Waals surface area contributed by atoms with E-state index in [4.69, 9.17) is 4.74 Å². The number of likely N-dealkylation sites (tertiary alicyclic amines) is 1. The molecule has 0 unspecified atom stereocenters. The molecule has 3 N–H and O–H groups in total. The minimum absolute atomic E-state index is 0.00683. The Hall–Kier alpha value is -4.67. The van der Waals surface area contributed by atoms with Crippen LogP contribution in [0, 0.1) is 12.8 Å². The fourth-order valence-corrected chi connectivity index (χ4v) is 6.87. The number of hydrogen-bond donors (Lipinski definition) is 3. The highest BCUT2D eigenvalue weighted by Gasteiger charge is 2.56. The van der Waals surface area contributed by atoms with Crippen LogP contribution in [0.1, 0.15) is 60.3 Å². The molecule has 1 fully saturated rings. The van der Waals surface area contributed by atoms with E-state index in [1.807, 2.05) is 6.07 Å². The van der Waals surface area contributed by atoms with Gasteiger partial charge in [0.25, 0.3) is 5.56 Å². The maximum absolute atomic E-state index is 14.0. The van der Waals surface area contributed by atoms with Gasteiger partial charge in [-0.1, -0.05) is 6.07 Å². The first-order valence-electron chi connectivity index (χ1n) is 13.9. The number of benzene rings is 1. The number of carbonyl (C=O) groups excluding carboxylic acids is 4. The van der Waals surface area contributed by atoms with E-state index in [1.165, 1.54) is 27.7 Å². The molecule has 0 saturated carbocycles. The van der Waals surface area contributed by atoms with E-state index in [9.17, 15) is 34.2 Å². The summed E-state index contributed by atoms with van der Waals surface area (Å²) in [6.07, 6.45) is 2.05. The molecule has 0 radical (unpaired) electrons. The van der Waals surface area contributed by atoms with Gasteiger partial charge in [0, 0.05) is 54.6 Å². The van der Waals surface area contributed by atoms with E-state index in [-0.39, 0.29) is 69.3 Å². The fourth-order valence-electron chi connectivity index (χ4n) is 6.87. The van der Waals surface area contributed by atoms with Crippen LogP contribution in [0.15, 0.2) is 46.1 Å². The molecule has 1 aromatic heterocycles. The lowest BCUT2D eigenvalue weighted by molar-refractivity contribution is -0.133. The molecule has 11 nitrogen and oxygen atoms in total. The number of phenols is 2. The molecule has 2 bridgehead atoms. The molecule has 0 spiro atoms. The highest BCUT2D eigenvalue weighted by atomic mass is 16.5. The van der Waals surface area contributed by atoms with Crippen molar-refractivity contribution in [1.29, 1.82) is 0 Å². The number of ketones is 3. The third-order valence-corrected chi connectivity index (χ3v) is 9.10. The lowest BCUT2D eigenvalue weighted by Gasteiger charge is -2.42. The van der Waals surface area contributed by atoms with Gasteiger partial charge in [-0.25, -0.2) is 0 Å². The van der Waals surface area contributed by atoms with Crippen molar-refractivity contribution in [2.75, 3.05) is 19.6 Å². The molecular weight excluding hydrogens is 542 g/mol. The Labute approximate surface area is 241 Å². The van der Waals surface area contributed by atoms with Gasteiger partial charge in [0.1, 0.15) is 34.0 Å². The van der Waals surface area contributed by atoms with Gasteiger partial charge >= 0.3 is 0 Å². The van der Waals surface area contributed by atoms with Crippen LogP contribution in [0.25, 0.3) is 0 Å². The molecule has 1 amide bonds. The van der Waals surface area contributed by atoms with Crippen molar-refractivity contribution in [1.82, 2.24) is 14.8 Å². The van der Waals surface area contributed by atoms with Crippen molar-refractivity contribution in [3.8, 4) is 17.2 Å². The van der Waals surface area contributed by atoms with Crippen LogP contribution in [0.2, 0.25) is 0 Å². The second kappa shape index (κ2) is 9.43. The number of nitrogens with one attached hydrogen (secondary N) is 1. The number of aromatic hydroxyl groups is 2. The van der Waals surface area contributed by atoms with Gasteiger partial charge < -0.3 is 29.7 Å². The number of nitrogens with zero attached hydrogens (tertiary/aromatic N) is 2. The number of phenolic OH excluding ortho intramolecular Hbond substituents is 2. The Morgan fingerprint density at radius 3 is 2.55 bits per heavy atom. The molecule has 1 saturated heterocycles. The zero-order chi connectivity index (χ0) is 30.2. The Kier molecular flexibility index (Phi) is 6.18. The summed E-state index contributed by atoms with van der Waals surface area (Å²) < 4.78 is 7.58. The number of Topliss-reactive ketones (excluding diaryl/α,β-unsaturated/α-hetero) is 2. The van der Waals surface area contributed by atoms with Crippen LogP contribution in [-0.2, 0) is 26.3 Å². The number of ether oxygens (including phenoxy) is 1. The standard InChI is InChI=1S/C31H31N3O8/c1-14-27(39)25(16(3)35)29-26(28(14)40)31(4)21(42-29)9-20(36)24(30(31)41)15(2)32-10-23(38)33-11-17-8-18(13-33)19-6-5-7-22(37)34(19)12-17/h5-7,9,17-18,32,39-40H,8,10-13H2,1-4H3/b24-15+/t17-,18+,31+/m1/s1. The molecule has 3 atom stereocenters. The number of rotatable bonds is 4. The van der Waals surface area contributed by atoms with Crippen LogP contribution >= 0.6 is 0 Å². The van der Waals surface area contributed by atoms with Crippen molar-refractivity contribution in [2.24, 2.45) is 5.92 Å². The van der Waals surface area contributed by atoms with E-state index in [1.54, 1.807) is 21.6 Å². The number of pyridine rings is 1. The molecule has 3 aliphatic heterocycles. The van der Waals surface area contributed by atoms with Crippen molar-refractivity contribution in [2.45, 2.75) is 52.0 Å². The Bertz CT molecular complexity index is 1750. The summed E-state index contributed by atoms with van der Waals surface area (Å²) in [7, 11) is 0. The number of amides is 1. The minimum atomic E-state index is -1.63. The number of piperidine rings is 1. The second-order valence-corrected chi connectivity index (χ2v) is 11.7. The predicted molar refractivity (Wildman–Crippen MR) is 149 cm³/mol. The molecular formula is C31H31N3O8. The highest BCUT2D eigenvalue weighted by Crippen LogP contribution is 2.57. The number of carbonyl (C=O) groups is 4. The average molecular weight is 574 g/mol. The highest BCUT2D eigenvalue weighted by molar-refractivity contribution is 6.31. The summed E-state index contributed by atoms with van der Waals surface area (Å²) in [6, 6.07) is 5.21. The summed E-state index contributed by atoms with van der Waals surface area (Å²) >= 11 is 0. The first kappa shape index (κ1) is 27.5. The van der Waals surface area contributed by atoms with Crippen molar-refractivity contribution in [3.05, 3.63) is 74.0 Å². The average Bonchev–Trinajstić information content (AvgIpc) is 3.23. The van der Waals surface area contributed by atoms with Crippen LogP contribution in [0.4, 0.5) is 0 Å². The number of fused-ring (bicyclic) bond motifs is 7. The third-order valence-electron chi connectivity index (χ3n) is 9.10. The van der Waals surface area contributed by atoms with E-state index >= 15 is 0 Å². The molecule has 1 aromatic carbocycles. The molecule has 6 rings (SSSR count). The first-order chi connectivity index (χ1) is 19.8. The van der Waals surface area contributed by atoms with Crippen molar-refractivity contribution in [3.63, 3.8) is 0 Å². The Morgan fingerprint density at radius 1 is 1.10 bits per heavy atom. The predicted octanol–water partition coefficient (Wildman–Crippen LogP) is 1.97. The van der Waals surface area contributed by atoms with Gasteiger partial charge in [-0.3, -0.25) is 24.0 Å². The van der Waals surface area contributed by atoms with E-state index in [0.29, 0.717) is 19.6 Å². The maximum atomic E-state index is 14.0. The summed E-state index contributed by atoms with van der Waals surface area (Å²) in [4.78, 5) is 66.8. The van der Waals surface area contributed by atoms with Crippen LogP contribution < -0.4 is 15.6 Å². The van der Waals surface area contributed by atoms with Crippen LogP contribution in [0.3, 0.4) is 0 Å². The second-order valence-electron chi connectivity index (χ2n) is 11.7. The monoisotopic (exact) mass is 573 g/mol. The minimum Gasteiger partial charge on any atom is -0.507 e. The van der Waals surface area contributed by atoms with Gasteiger partial charge in [0.2, 0.25) is 5.91 Å². The molecule has 11 heteroatoms. The number of aromatic nitrogens is 1. The SMILES string of the molecule is CC(=O)c1c(O)c(C)c(O)c2c1OC1=CC(=O)/C(=C(/C)NCC(=O)N3C[C@H]4C[C@@H](C3)c3cccc(=O)n3C4)C(=O)[C@@]12C. The topological polar surface area (TPSA) is 155 Å². The molecule has 4 aliphatic rings. The zero-order valence-corrected chi connectivity index (χ0v) is 23.7. The summed E-state index contributed by atoms with van der Waals surface area (Å²) in [6.45, 7) is 7.06. The molecule has 2 aromatic rings. The summed E-state index contributed by atoms with van der Waals surface area (Å²) in [5, 5.41) is 24.4. The van der Waals surface area contributed by atoms with Gasteiger partial charge in [-0.15, -0.1) is 0 Å². The molecule has 218 valence electrons. The van der Waals surface area contributed by atoms with E-state index in [0.717, 1.165) is 18.2 Å². The van der Waals surface area contributed by atoms with Gasteiger partial charge in [0.15, 0.2) is 17.3 Å². The van der Waals surface area contributed by atoms with Gasteiger partial charge in [-0.05, 0) is 46.1 Å². The quantitative estimate of drug-likeness (QED) is 0.283. The lowest BCUT2D eigenvalue weighted by Crippen LogP contribution is -2.51. The van der Waals surface area contributed by atoms with Gasteiger partial charge in [0.05, 0.1) is 17.7 Å². The molecule has 42 heavy (non-hydrogen) atoms.